The summed E-state index contributed by atoms with van der Waals surface area (Å²) < 4.78 is 7.69. The molecule has 1 unspecified atom stereocenters. The highest BCUT2D eigenvalue weighted by molar-refractivity contribution is 14.1. The SMILES string of the molecule is CCCOCC(N)c1cc(Br)ccc1I. The van der Waals surface area contributed by atoms with Crippen molar-refractivity contribution in [3.05, 3.63) is 31.8 Å². The van der Waals surface area contributed by atoms with Crippen LogP contribution in [0.5, 0.6) is 0 Å². The molecule has 84 valence electrons. The summed E-state index contributed by atoms with van der Waals surface area (Å²) in [6.07, 6.45) is 1.03. The van der Waals surface area contributed by atoms with Crippen LogP contribution in [0, 0.1) is 3.57 Å². The van der Waals surface area contributed by atoms with Crippen molar-refractivity contribution in [2.75, 3.05) is 13.2 Å². The Labute approximate surface area is 113 Å². The van der Waals surface area contributed by atoms with Crippen LogP contribution in [-0.4, -0.2) is 13.2 Å². The molecule has 0 saturated carbocycles. The molecule has 0 radical (unpaired) electrons. The summed E-state index contributed by atoms with van der Waals surface area (Å²) in [6.45, 7) is 3.45. The van der Waals surface area contributed by atoms with E-state index in [1.807, 2.05) is 6.07 Å². The third-order valence-electron chi connectivity index (χ3n) is 2.00. The minimum Gasteiger partial charge on any atom is -0.379 e. The normalized spacial score (nSPS) is 12.8. The predicted octanol–water partition coefficient (Wildman–Crippen LogP) is 3.48. The Morgan fingerprint density at radius 2 is 2.27 bits per heavy atom. The zero-order chi connectivity index (χ0) is 11.3. The molecule has 0 fully saturated rings. The topological polar surface area (TPSA) is 35.2 Å². The van der Waals surface area contributed by atoms with Gasteiger partial charge in [-0.1, -0.05) is 22.9 Å². The fraction of sp³-hybridized carbons (Fsp3) is 0.455. The van der Waals surface area contributed by atoms with Gasteiger partial charge < -0.3 is 10.5 Å². The van der Waals surface area contributed by atoms with Gasteiger partial charge >= 0.3 is 0 Å². The molecule has 2 nitrogen and oxygen atoms in total. The first kappa shape index (κ1) is 13.4. The molecule has 0 aliphatic heterocycles. The number of benzene rings is 1. The van der Waals surface area contributed by atoms with Crippen molar-refractivity contribution in [2.45, 2.75) is 19.4 Å². The van der Waals surface area contributed by atoms with E-state index in [1.165, 1.54) is 3.57 Å². The van der Waals surface area contributed by atoms with Crippen molar-refractivity contribution in [3.63, 3.8) is 0 Å². The summed E-state index contributed by atoms with van der Waals surface area (Å²) >= 11 is 5.74. The average molecular weight is 384 g/mol. The Kier molecular flexibility index (Phi) is 6.11. The molecular formula is C11H15BrINO. The second kappa shape index (κ2) is 6.83. The molecule has 0 heterocycles. The van der Waals surface area contributed by atoms with Crippen LogP contribution in [0.25, 0.3) is 0 Å². The molecule has 0 aliphatic rings. The van der Waals surface area contributed by atoms with E-state index in [4.69, 9.17) is 10.5 Å². The largest absolute Gasteiger partial charge is 0.379 e. The van der Waals surface area contributed by atoms with Gasteiger partial charge in [0.2, 0.25) is 0 Å². The lowest BCUT2D eigenvalue weighted by atomic mass is 10.1. The van der Waals surface area contributed by atoms with Crippen LogP contribution < -0.4 is 5.73 Å². The van der Waals surface area contributed by atoms with Gasteiger partial charge in [0.1, 0.15) is 0 Å². The summed E-state index contributed by atoms with van der Waals surface area (Å²) in [5.41, 5.74) is 7.19. The van der Waals surface area contributed by atoms with Crippen molar-refractivity contribution in [1.29, 1.82) is 0 Å². The van der Waals surface area contributed by atoms with Gasteiger partial charge in [0.15, 0.2) is 0 Å². The van der Waals surface area contributed by atoms with Gasteiger partial charge in [-0.15, -0.1) is 0 Å². The Bertz CT molecular complexity index is 319. The number of hydrogen-bond acceptors (Lipinski definition) is 2. The molecule has 4 heteroatoms. The van der Waals surface area contributed by atoms with Crippen LogP contribution in [-0.2, 0) is 4.74 Å². The van der Waals surface area contributed by atoms with Crippen LogP contribution in [0.3, 0.4) is 0 Å². The quantitative estimate of drug-likeness (QED) is 0.624. The van der Waals surface area contributed by atoms with Gasteiger partial charge in [-0.2, -0.15) is 0 Å². The lowest BCUT2D eigenvalue weighted by Gasteiger charge is -2.14. The van der Waals surface area contributed by atoms with Gasteiger partial charge in [-0.3, -0.25) is 0 Å². The second-order valence-corrected chi connectivity index (χ2v) is 5.43. The fourth-order valence-electron chi connectivity index (χ4n) is 1.24. The first-order valence-corrected chi connectivity index (χ1v) is 6.80. The number of ether oxygens (including phenoxy) is 1. The smallest absolute Gasteiger partial charge is 0.0659 e. The van der Waals surface area contributed by atoms with Gasteiger partial charge in [-0.05, 0) is 52.8 Å². The third-order valence-corrected chi connectivity index (χ3v) is 3.48. The van der Waals surface area contributed by atoms with Crippen LogP contribution in [0.2, 0.25) is 0 Å². The van der Waals surface area contributed by atoms with Crippen molar-refractivity contribution in [2.24, 2.45) is 5.73 Å². The molecule has 1 atom stereocenters. The highest BCUT2D eigenvalue weighted by atomic mass is 127. The summed E-state index contributed by atoms with van der Waals surface area (Å²) in [4.78, 5) is 0. The summed E-state index contributed by atoms with van der Waals surface area (Å²) in [6, 6.07) is 6.09. The zero-order valence-electron chi connectivity index (χ0n) is 8.67. The van der Waals surface area contributed by atoms with Crippen LogP contribution in [0.1, 0.15) is 24.9 Å². The van der Waals surface area contributed by atoms with Crippen LogP contribution in [0.15, 0.2) is 22.7 Å². The van der Waals surface area contributed by atoms with E-state index in [0.717, 1.165) is 23.1 Å². The number of hydrogen-bond donors (Lipinski definition) is 1. The molecule has 1 aromatic rings. The maximum Gasteiger partial charge on any atom is 0.0659 e. The highest BCUT2D eigenvalue weighted by Crippen LogP contribution is 2.23. The predicted molar refractivity (Wildman–Crippen MR) is 74.9 cm³/mol. The van der Waals surface area contributed by atoms with E-state index in [1.54, 1.807) is 0 Å². The molecular weight excluding hydrogens is 369 g/mol. The first-order chi connectivity index (χ1) is 7.15. The summed E-state index contributed by atoms with van der Waals surface area (Å²) in [5.74, 6) is 0. The first-order valence-electron chi connectivity index (χ1n) is 4.93. The molecule has 0 bridgehead atoms. The molecule has 0 amide bonds. The minimum absolute atomic E-state index is 0.0408. The van der Waals surface area contributed by atoms with E-state index in [2.05, 4.69) is 57.6 Å². The molecule has 2 N–H and O–H groups in total. The van der Waals surface area contributed by atoms with Crippen molar-refractivity contribution in [3.8, 4) is 0 Å². The maximum absolute atomic E-state index is 6.05. The van der Waals surface area contributed by atoms with Crippen LogP contribution in [0.4, 0.5) is 0 Å². The Balaban J connectivity index is 2.64. The molecule has 15 heavy (non-hydrogen) atoms. The van der Waals surface area contributed by atoms with E-state index in [-0.39, 0.29) is 6.04 Å². The average Bonchev–Trinajstić information content (AvgIpc) is 2.22. The fourth-order valence-corrected chi connectivity index (χ4v) is 2.36. The standard InChI is InChI=1S/C11H15BrINO/c1-2-5-15-7-11(14)9-6-8(12)3-4-10(9)13/h3-4,6,11H,2,5,7,14H2,1H3. The molecule has 0 aromatic heterocycles. The number of nitrogens with two attached hydrogens (primary N) is 1. The lowest BCUT2D eigenvalue weighted by Crippen LogP contribution is -2.18. The van der Waals surface area contributed by atoms with Crippen molar-refractivity contribution >= 4 is 38.5 Å². The van der Waals surface area contributed by atoms with E-state index < -0.39 is 0 Å². The molecule has 0 spiro atoms. The Morgan fingerprint density at radius 1 is 1.53 bits per heavy atom. The van der Waals surface area contributed by atoms with Crippen LogP contribution >= 0.6 is 38.5 Å². The Morgan fingerprint density at radius 3 is 2.93 bits per heavy atom. The molecule has 1 aromatic carbocycles. The molecule has 0 aliphatic carbocycles. The monoisotopic (exact) mass is 383 g/mol. The zero-order valence-corrected chi connectivity index (χ0v) is 12.4. The van der Waals surface area contributed by atoms with E-state index in [0.29, 0.717) is 6.61 Å². The third kappa shape index (κ3) is 4.38. The van der Waals surface area contributed by atoms with E-state index in [9.17, 15) is 0 Å². The van der Waals surface area contributed by atoms with Crippen molar-refractivity contribution in [1.82, 2.24) is 0 Å². The van der Waals surface area contributed by atoms with Gasteiger partial charge in [-0.25, -0.2) is 0 Å². The second-order valence-electron chi connectivity index (χ2n) is 3.35. The Hall–Kier alpha value is 0.350. The van der Waals surface area contributed by atoms with Gasteiger partial charge in [0.25, 0.3) is 0 Å². The number of halogens is 2. The minimum atomic E-state index is -0.0408. The van der Waals surface area contributed by atoms with Gasteiger partial charge in [0.05, 0.1) is 12.6 Å². The van der Waals surface area contributed by atoms with Gasteiger partial charge in [0, 0.05) is 14.6 Å². The summed E-state index contributed by atoms with van der Waals surface area (Å²) in [5, 5.41) is 0. The van der Waals surface area contributed by atoms with Crippen molar-refractivity contribution < 1.29 is 4.74 Å². The molecule has 1 rings (SSSR count). The highest BCUT2D eigenvalue weighted by Gasteiger charge is 2.10. The number of rotatable bonds is 5. The molecule has 0 saturated heterocycles. The van der Waals surface area contributed by atoms with E-state index >= 15 is 0 Å². The summed E-state index contributed by atoms with van der Waals surface area (Å²) in [7, 11) is 0. The lowest BCUT2D eigenvalue weighted by molar-refractivity contribution is 0.121. The maximum atomic E-state index is 6.05.